The molecule has 11 heteroatoms. The van der Waals surface area contributed by atoms with Crippen LogP contribution in [0, 0.1) is 17.5 Å². The zero-order valence-corrected chi connectivity index (χ0v) is 17.4. The van der Waals surface area contributed by atoms with Crippen LogP contribution in [0.3, 0.4) is 0 Å². The van der Waals surface area contributed by atoms with Crippen molar-refractivity contribution >= 4 is 29.0 Å². The van der Waals surface area contributed by atoms with Gasteiger partial charge in [0, 0.05) is 42.8 Å². The van der Waals surface area contributed by atoms with Gasteiger partial charge in [-0.05, 0) is 30.3 Å². The summed E-state index contributed by atoms with van der Waals surface area (Å²) in [7, 11) is 0. The molecule has 1 aromatic heterocycles. The smallest absolute Gasteiger partial charge is 0.254 e. The highest BCUT2D eigenvalue weighted by Crippen LogP contribution is 2.24. The molecule has 0 spiro atoms. The first kappa shape index (κ1) is 22.3. The van der Waals surface area contributed by atoms with Crippen LogP contribution in [-0.2, 0) is 11.3 Å². The molecule has 4 rings (SSSR count). The molecule has 8 nitrogen and oxygen atoms in total. The van der Waals surface area contributed by atoms with Gasteiger partial charge < -0.3 is 26.0 Å². The molecule has 33 heavy (non-hydrogen) atoms. The molecule has 0 atom stereocenters. The highest BCUT2D eigenvalue weighted by molar-refractivity contribution is 5.97. The first-order chi connectivity index (χ1) is 15.9. The number of nitrogens with one attached hydrogen (secondary N) is 2. The lowest BCUT2D eigenvalue weighted by atomic mass is 10.2. The van der Waals surface area contributed by atoms with E-state index in [9.17, 15) is 18.0 Å². The van der Waals surface area contributed by atoms with Gasteiger partial charge in [-0.1, -0.05) is 6.07 Å². The molecule has 2 aromatic carbocycles. The van der Waals surface area contributed by atoms with E-state index in [1.54, 1.807) is 0 Å². The average Bonchev–Trinajstić information content (AvgIpc) is 2.82. The number of amides is 1. The van der Waals surface area contributed by atoms with Crippen LogP contribution in [0.25, 0.3) is 0 Å². The summed E-state index contributed by atoms with van der Waals surface area (Å²) in [6, 6.07) is 9.10. The zero-order valence-electron chi connectivity index (χ0n) is 17.4. The molecule has 0 radical (unpaired) electrons. The fourth-order valence-corrected chi connectivity index (χ4v) is 3.39. The van der Waals surface area contributed by atoms with E-state index in [1.165, 1.54) is 6.20 Å². The van der Waals surface area contributed by atoms with Crippen molar-refractivity contribution in [3.05, 3.63) is 71.2 Å². The number of nitrogens with two attached hydrogens (primary N) is 1. The average molecular weight is 458 g/mol. The molecule has 4 N–H and O–H groups in total. The Kier molecular flexibility index (Phi) is 6.59. The molecule has 0 aliphatic carbocycles. The van der Waals surface area contributed by atoms with E-state index in [0.29, 0.717) is 25.0 Å². The third kappa shape index (κ3) is 5.14. The molecule has 0 saturated carbocycles. The summed E-state index contributed by atoms with van der Waals surface area (Å²) in [5.74, 6) is -4.20. The number of carbonyl (C=O) groups excluding carboxylic acids is 1. The molecule has 2 heterocycles. The highest BCUT2D eigenvalue weighted by Gasteiger charge is 2.17. The number of halogens is 3. The molecular formula is C22H21F3N6O2. The van der Waals surface area contributed by atoms with Gasteiger partial charge >= 0.3 is 0 Å². The van der Waals surface area contributed by atoms with Crippen LogP contribution in [-0.4, -0.2) is 42.2 Å². The van der Waals surface area contributed by atoms with Crippen molar-refractivity contribution in [2.75, 3.05) is 41.8 Å². The largest absolute Gasteiger partial charge is 0.378 e. The van der Waals surface area contributed by atoms with E-state index in [0.717, 1.165) is 24.8 Å². The topological polar surface area (TPSA) is 105 Å². The lowest BCUT2D eigenvalue weighted by Gasteiger charge is -2.29. The third-order valence-corrected chi connectivity index (χ3v) is 5.10. The van der Waals surface area contributed by atoms with E-state index in [-0.39, 0.29) is 17.3 Å². The van der Waals surface area contributed by atoms with Crippen molar-refractivity contribution in [3.63, 3.8) is 0 Å². The normalized spacial score (nSPS) is 13.6. The van der Waals surface area contributed by atoms with Crippen LogP contribution in [0.5, 0.6) is 0 Å². The monoisotopic (exact) mass is 458 g/mol. The number of hydrogen-bond donors (Lipinski definition) is 3. The second-order valence-corrected chi connectivity index (χ2v) is 7.27. The van der Waals surface area contributed by atoms with Gasteiger partial charge in [-0.2, -0.15) is 4.98 Å². The molecule has 1 fully saturated rings. The van der Waals surface area contributed by atoms with E-state index in [4.69, 9.17) is 10.5 Å². The van der Waals surface area contributed by atoms with Crippen LogP contribution in [0.15, 0.2) is 42.6 Å². The molecule has 1 saturated heterocycles. The first-order valence-electron chi connectivity index (χ1n) is 10.2. The summed E-state index contributed by atoms with van der Waals surface area (Å²) in [5.41, 5.74) is 6.44. The molecule has 1 aliphatic heterocycles. The van der Waals surface area contributed by atoms with Crippen molar-refractivity contribution < 1.29 is 22.7 Å². The molecule has 0 unspecified atom stereocenters. The lowest BCUT2D eigenvalue weighted by Crippen LogP contribution is -2.36. The van der Waals surface area contributed by atoms with Gasteiger partial charge in [-0.15, -0.1) is 0 Å². The maximum absolute atomic E-state index is 14.0. The maximum Gasteiger partial charge on any atom is 0.254 e. The molecule has 1 amide bonds. The van der Waals surface area contributed by atoms with Crippen LogP contribution >= 0.6 is 0 Å². The Balaban J connectivity index is 1.55. The van der Waals surface area contributed by atoms with Crippen LogP contribution in [0.4, 0.5) is 36.3 Å². The maximum atomic E-state index is 14.0. The van der Waals surface area contributed by atoms with Gasteiger partial charge in [0.15, 0.2) is 11.6 Å². The predicted molar refractivity (Wildman–Crippen MR) is 117 cm³/mol. The van der Waals surface area contributed by atoms with Gasteiger partial charge in [0.05, 0.1) is 18.8 Å². The number of hydrogen-bond acceptors (Lipinski definition) is 7. The van der Waals surface area contributed by atoms with Crippen molar-refractivity contribution in [2.45, 2.75) is 6.54 Å². The summed E-state index contributed by atoms with van der Waals surface area (Å²) in [4.78, 5) is 22.3. The van der Waals surface area contributed by atoms with Crippen LogP contribution < -0.4 is 21.3 Å². The minimum absolute atomic E-state index is 0.0487. The quantitative estimate of drug-likeness (QED) is 0.467. The fraction of sp³-hybridized carbons (Fsp3) is 0.227. The van der Waals surface area contributed by atoms with Gasteiger partial charge in [0.1, 0.15) is 11.6 Å². The van der Waals surface area contributed by atoms with Crippen LogP contribution in [0.1, 0.15) is 15.9 Å². The summed E-state index contributed by atoms with van der Waals surface area (Å²) in [6.07, 6.45) is 1.20. The number of carbonyl (C=O) groups is 1. The van der Waals surface area contributed by atoms with Crippen molar-refractivity contribution in [1.82, 2.24) is 9.97 Å². The van der Waals surface area contributed by atoms with Crippen LogP contribution in [0.2, 0.25) is 0 Å². The molecule has 172 valence electrons. The number of benzene rings is 2. The Hall–Kier alpha value is -3.86. The summed E-state index contributed by atoms with van der Waals surface area (Å²) >= 11 is 0. The number of nitrogens with zero attached hydrogens (tertiary/aromatic N) is 3. The molecule has 3 aromatic rings. The van der Waals surface area contributed by atoms with E-state index < -0.39 is 35.5 Å². The van der Waals surface area contributed by atoms with Crippen molar-refractivity contribution in [3.8, 4) is 0 Å². The fourth-order valence-electron chi connectivity index (χ4n) is 3.39. The van der Waals surface area contributed by atoms with Crippen molar-refractivity contribution in [2.24, 2.45) is 5.73 Å². The van der Waals surface area contributed by atoms with Gasteiger partial charge in [0.25, 0.3) is 5.91 Å². The lowest BCUT2D eigenvalue weighted by molar-refractivity contribution is 0.100. The number of primary amides is 1. The van der Waals surface area contributed by atoms with Gasteiger partial charge in [0.2, 0.25) is 5.95 Å². The number of ether oxygens (including phenoxy) is 1. The van der Waals surface area contributed by atoms with Gasteiger partial charge in [-0.3, -0.25) is 4.79 Å². The number of rotatable bonds is 7. The number of anilines is 4. The Labute approximate surface area is 187 Å². The Morgan fingerprint density at radius 1 is 1.12 bits per heavy atom. The van der Waals surface area contributed by atoms with Crippen molar-refractivity contribution in [1.29, 1.82) is 0 Å². The Morgan fingerprint density at radius 3 is 2.64 bits per heavy atom. The first-order valence-corrected chi connectivity index (χ1v) is 10.2. The second-order valence-electron chi connectivity index (χ2n) is 7.27. The Morgan fingerprint density at radius 2 is 1.88 bits per heavy atom. The minimum Gasteiger partial charge on any atom is -0.378 e. The van der Waals surface area contributed by atoms with E-state index >= 15 is 0 Å². The van der Waals surface area contributed by atoms with E-state index in [1.807, 2.05) is 24.3 Å². The minimum atomic E-state index is -1.32. The molecule has 0 bridgehead atoms. The molecular weight excluding hydrogens is 437 g/mol. The number of morpholine rings is 1. The Bertz CT molecular complexity index is 1170. The standard InChI is InChI=1S/C22H21F3N6O2/c23-17-4-5-18(24)19(25)15(17)11-27-21-16(20(26)32)12-28-22(30-21)29-13-2-1-3-14(10-13)31-6-8-33-9-7-31/h1-5,10,12H,6-9,11H2,(H2,26,32)(H2,27,28,29,30). The van der Waals surface area contributed by atoms with Gasteiger partial charge in [-0.25, -0.2) is 18.2 Å². The molecule has 1 aliphatic rings. The van der Waals surface area contributed by atoms with E-state index in [2.05, 4.69) is 25.5 Å². The summed E-state index contributed by atoms with van der Waals surface area (Å²) in [5, 5.41) is 5.69. The zero-order chi connectivity index (χ0) is 23.4. The second kappa shape index (κ2) is 9.74. The summed E-state index contributed by atoms with van der Waals surface area (Å²) < 4.78 is 46.8. The predicted octanol–water partition coefficient (Wildman–Crippen LogP) is 3.19. The summed E-state index contributed by atoms with van der Waals surface area (Å²) in [6.45, 7) is 2.38. The third-order valence-electron chi connectivity index (χ3n) is 5.10. The highest BCUT2D eigenvalue weighted by atomic mass is 19.2. The number of aromatic nitrogens is 2. The SMILES string of the molecule is NC(=O)c1cnc(Nc2cccc(N3CCOCC3)c2)nc1NCc1c(F)ccc(F)c1F.